The van der Waals surface area contributed by atoms with E-state index in [1.54, 1.807) is 18.2 Å². The van der Waals surface area contributed by atoms with Gasteiger partial charge in [-0.2, -0.15) is 26.3 Å². The van der Waals surface area contributed by atoms with Crippen LogP contribution in [0.25, 0.3) is 11.3 Å². The Labute approximate surface area is 209 Å². The summed E-state index contributed by atoms with van der Waals surface area (Å²) in [5, 5.41) is 21.1. The highest BCUT2D eigenvalue weighted by Crippen LogP contribution is 2.37. The molecule has 194 valence electrons. The summed E-state index contributed by atoms with van der Waals surface area (Å²) in [7, 11) is 0. The Morgan fingerprint density at radius 3 is 2.24 bits per heavy atom. The Hall–Kier alpha value is -3.71. The summed E-state index contributed by atoms with van der Waals surface area (Å²) in [6, 6.07) is 7.51. The molecule has 0 amide bonds. The van der Waals surface area contributed by atoms with E-state index in [0.29, 0.717) is 17.7 Å². The summed E-state index contributed by atoms with van der Waals surface area (Å²) in [6.07, 6.45) is -10.0. The number of aromatic nitrogens is 4. The summed E-state index contributed by atoms with van der Waals surface area (Å²) in [5.74, 6) is -0.842. The van der Waals surface area contributed by atoms with Crippen LogP contribution in [0.2, 0.25) is 5.02 Å². The molecule has 0 bridgehead atoms. The van der Waals surface area contributed by atoms with Crippen molar-refractivity contribution in [3.8, 4) is 11.3 Å². The number of aliphatic hydroxyl groups is 1. The van der Waals surface area contributed by atoms with Gasteiger partial charge < -0.3 is 9.63 Å². The first-order valence-electron chi connectivity index (χ1n) is 10.4. The summed E-state index contributed by atoms with van der Waals surface area (Å²) >= 11 is 6.20. The second-order valence-electron chi connectivity index (χ2n) is 7.90. The molecule has 0 atom stereocenters. The van der Waals surface area contributed by atoms with Crippen molar-refractivity contribution in [1.29, 1.82) is 0 Å². The minimum atomic E-state index is -5.02. The molecule has 0 aliphatic heterocycles. The first-order chi connectivity index (χ1) is 17.3. The number of hydrogen-bond donors (Lipinski definition) is 1. The van der Waals surface area contributed by atoms with Gasteiger partial charge >= 0.3 is 12.4 Å². The molecule has 2 aromatic heterocycles. The largest absolute Gasteiger partial charge is 0.416 e. The molecule has 4 aromatic rings. The maximum Gasteiger partial charge on any atom is 0.416 e. The van der Waals surface area contributed by atoms with Gasteiger partial charge in [0.1, 0.15) is 5.69 Å². The first kappa shape index (κ1) is 26.4. The van der Waals surface area contributed by atoms with Crippen LogP contribution in [0.3, 0.4) is 0 Å². The fourth-order valence-electron chi connectivity index (χ4n) is 3.62. The van der Waals surface area contributed by atoms with E-state index in [1.165, 1.54) is 13.0 Å². The van der Waals surface area contributed by atoms with Crippen molar-refractivity contribution in [3.63, 3.8) is 0 Å². The number of carbonyl (C=O) groups is 1. The van der Waals surface area contributed by atoms with Crippen LogP contribution in [0.1, 0.15) is 44.1 Å². The highest BCUT2D eigenvalue weighted by Gasteiger charge is 2.37. The molecule has 37 heavy (non-hydrogen) atoms. The molecule has 14 heteroatoms. The lowest BCUT2D eigenvalue weighted by molar-refractivity contribution is -0.143. The molecular formula is C23H15ClF6N4O3. The fraction of sp³-hybridized carbons (Fsp3) is 0.217. The molecule has 2 heterocycles. The van der Waals surface area contributed by atoms with Crippen LogP contribution in [-0.2, 0) is 25.5 Å². The lowest BCUT2D eigenvalue weighted by Crippen LogP contribution is -2.14. The number of ketones is 1. The Morgan fingerprint density at radius 1 is 1.05 bits per heavy atom. The molecule has 0 aliphatic rings. The molecule has 0 saturated carbocycles. The quantitative estimate of drug-likeness (QED) is 0.247. The van der Waals surface area contributed by atoms with E-state index in [9.17, 15) is 36.2 Å². The van der Waals surface area contributed by atoms with Crippen molar-refractivity contribution in [2.24, 2.45) is 0 Å². The van der Waals surface area contributed by atoms with Crippen LogP contribution in [0.5, 0.6) is 0 Å². The second-order valence-corrected chi connectivity index (χ2v) is 8.30. The predicted molar refractivity (Wildman–Crippen MR) is 117 cm³/mol. The van der Waals surface area contributed by atoms with Gasteiger partial charge in [-0.25, -0.2) is 4.68 Å². The molecular weight excluding hydrogens is 530 g/mol. The third-order valence-electron chi connectivity index (χ3n) is 5.44. The third kappa shape index (κ3) is 5.23. The van der Waals surface area contributed by atoms with Crippen molar-refractivity contribution < 1.29 is 40.8 Å². The predicted octanol–water partition coefficient (Wildman–Crippen LogP) is 5.70. The second kappa shape index (κ2) is 9.63. The Balaban J connectivity index is 1.74. The van der Waals surface area contributed by atoms with Crippen molar-refractivity contribution in [3.05, 3.63) is 86.8 Å². The summed E-state index contributed by atoms with van der Waals surface area (Å²) in [5.41, 5.74) is -3.52. The van der Waals surface area contributed by atoms with Gasteiger partial charge in [0.25, 0.3) is 0 Å². The maximum absolute atomic E-state index is 13.4. The van der Waals surface area contributed by atoms with Gasteiger partial charge in [0.05, 0.1) is 40.6 Å². The zero-order chi connectivity index (χ0) is 27.1. The van der Waals surface area contributed by atoms with Gasteiger partial charge in [-0.3, -0.25) is 4.79 Å². The minimum absolute atomic E-state index is 0.0191. The highest BCUT2D eigenvalue weighted by atomic mass is 35.5. The SMILES string of the molecule is Cc1c(C(=O)c2c(CO)noc2-c2ccccc2Cl)nnn1Cc1cc(C(F)(F)F)cc(C(F)(F)F)c1. The van der Waals surface area contributed by atoms with Gasteiger partial charge in [0.15, 0.2) is 11.5 Å². The lowest BCUT2D eigenvalue weighted by Gasteiger charge is -2.14. The number of alkyl halides is 6. The molecule has 0 unspecified atom stereocenters. The van der Waals surface area contributed by atoms with E-state index in [1.807, 2.05) is 0 Å². The van der Waals surface area contributed by atoms with E-state index in [0.717, 1.165) is 4.68 Å². The van der Waals surface area contributed by atoms with Gasteiger partial charge in [-0.1, -0.05) is 34.1 Å². The van der Waals surface area contributed by atoms with Crippen LogP contribution in [0.4, 0.5) is 26.3 Å². The standard InChI is InChI=1S/C23H15ClF6N4O3/c1-11-19(20(36)18-17(10-35)32-37-21(18)15-4-2-3-5-16(15)24)31-33-34(11)9-12-6-13(22(25,26)27)8-14(7-12)23(28,29)30/h2-8,35H,9-10H2,1H3. The average Bonchev–Trinajstić information content (AvgIpc) is 3.41. The average molecular weight is 545 g/mol. The normalized spacial score (nSPS) is 12.2. The molecule has 1 N–H and O–H groups in total. The maximum atomic E-state index is 13.4. The number of aliphatic hydroxyl groups excluding tert-OH is 1. The summed E-state index contributed by atoms with van der Waals surface area (Å²) in [6.45, 7) is 0.159. The van der Waals surface area contributed by atoms with E-state index >= 15 is 0 Å². The molecule has 0 aliphatic carbocycles. The van der Waals surface area contributed by atoms with Gasteiger partial charge in [0, 0.05) is 5.56 Å². The first-order valence-corrected chi connectivity index (χ1v) is 10.8. The van der Waals surface area contributed by atoms with Crippen LogP contribution < -0.4 is 0 Å². The summed E-state index contributed by atoms with van der Waals surface area (Å²) in [4.78, 5) is 13.4. The molecule has 4 rings (SSSR count). The van der Waals surface area contributed by atoms with Crippen molar-refractivity contribution in [1.82, 2.24) is 20.2 Å². The van der Waals surface area contributed by atoms with Crippen molar-refractivity contribution in [2.45, 2.75) is 32.4 Å². The van der Waals surface area contributed by atoms with E-state index < -0.39 is 42.4 Å². The number of benzene rings is 2. The van der Waals surface area contributed by atoms with E-state index in [-0.39, 0.29) is 45.1 Å². The zero-order valence-corrected chi connectivity index (χ0v) is 19.4. The lowest BCUT2D eigenvalue weighted by atomic mass is 10.0. The zero-order valence-electron chi connectivity index (χ0n) is 18.7. The number of carbonyl (C=O) groups excluding carboxylic acids is 1. The Morgan fingerprint density at radius 2 is 1.68 bits per heavy atom. The Kier molecular flexibility index (Phi) is 6.86. The number of halogens is 7. The molecule has 0 fully saturated rings. The van der Waals surface area contributed by atoms with Crippen LogP contribution in [0, 0.1) is 6.92 Å². The number of nitrogens with zero attached hydrogens (tertiary/aromatic N) is 4. The van der Waals surface area contributed by atoms with Gasteiger partial charge in [-0.05, 0) is 42.8 Å². The Bertz CT molecular complexity index is 1440. The smallest absolute Gasteiger partial charge is 0.390 e. The number of rotatable bonds is 6. The van der Waals surface area contributed by atoms with E-state index in [2.05, 4.69) is 15.5 Å². The van der Waals surface area contributed by atoms with Crippen LogP contribution in [-0.4, -0.2) is 31.0 Å². The summed E-state index contributed by atoms with van der Waals surface area (Å²) < 4.78 is 85.5. The minimum Gasteiger partial charge on any atom is -0.390 e. The van der Waals surface area contributed by atoms with Crippen LogP contribution in [0.15, 0.2) is 47.0 Å². The molecule has 0 saturated heterocycles. The highest BCUT2D eigenvalue weighted by molar-refractivity contribution is 6.33. The van der Waals surface area contributed by atoms with Crippen molar-refractivity contribution in [2.75, 3.05) is 0 Å². The fourth-order valence-corrected chi connectivity index (χ4v) is 3.84. The monoisotopic (exact) mass is 544 g/mol. The molecule has 7 nitrogen and oxygen atoms in total. The van der Waals surface area contributed by atoms with Crippen molar-refractivity contribution >= 4 is 17.4 Å². The molecule has 0 spiro atoms. The topological polar surface area (TPSA) is 94.0 Å². The van der Waals surface area contributed by atoms with Gasteiger partial charge in [-0.15, -0.1) is 5.10 Å². The van der Waals surface area contributed by atoms with Gasteiger partial charge in [0.2, 0.25) is 5.78 Å². The molecule has 2 aromatic carbocycles. The number of hydrogen-bond acceptors (Lipinski definition) is 6. The van der Waals surface area contributed by atoms with Crippen LogP contribution >= 0.6 is 11.6 Å². The van der Waals surface area contributed by atoms with E-state index in [4.69, 9.17) is 16.1 Å². The molecule has 0 radical (unpaired) electrons. The third-order valence-corrected chi connectivity index (χ3v) is 5.77.